The highest BCUT2D eigenvalue weighted by Crippen LogP contribution is 2.18. The molecule has 0 heterocycles. The third-order valence-corrected chi connectivity index (χ3v) is 13.3. The molecule has 0 aromatic heterocycles. The molecule has 0 rings (SSSR count). The summed E-state index contributed by atoms with van der Waals surface area (Å²) in [6.07, 6.45) is 49.2. The van der Waals surface area contributed by atoms with E-state index in [2.05, 4.69) is 82.9 Å². The molecule has 10 nitrogen and oxygen atoms in total. The van der Waals surface area contributed by atoms with Crippen LogP contribution >= 0.6 is 0 Å². The van der Waals surface area contributed by atoms with E-state index in [0.29, 0.717) is 52.1 Å². The van der Waals surface area contributed by atoms with E-state index < -0.39 is 12.1 Å². The first kappa shape index (κ1) is 67.8. The fourth-order valence-electron chi connectivity index (χ4n) is 8.94. The van der Waals surface area contributed by atoms with E-state index in [1.807, 2.05) is 65.7 Å². The number of carbonyl (C=O) groups is 4. The Hall–Kier alpha value is -3.24. The zero-order valence-corrected chi connectivity index (χ0v) is 48.1. The molecule has 10 heteroatoms. The Kier molecular flexibility index (Phi) is 45.6. The van der Waals surface area contributed by atoms with Gasteiger partial charge in [0.25, 0.3) is 0 Å². The summed E-state index contributed by atoms with van der Waals surface area (Å²) >= 11 is 0. The Labute approximate surface area is 439 Å². The lowest BCUT2D eigenvalue weighted by Crippen LogP contribution is -2.54. The molecule has 4 amide bonds. The Bertz CT molecular complexity index is 1320. The number of nitrogens with one attached hydrogen (secondary N) is 2. The molecule has 0 aliphatic carbocycles. The van der Waals surface area contributed by atoms with Crippen LogP contribution in [0, 0.1) is 11.8 Å². The van der Waals surface area contributed by atoms with Gasteiger partial charge in [0, 0.05) is 52.1 Å². The molecule has 0 aromatic rings. The summed E-state index contributed by atoms with van der Waals surface area (Å²) in [5, 5.41) is 6.34. The number of carbonyl (C=O) groups excluding carboxylic acids is 4. The Balaban J connectivity index is 4.75. The van der Waals surface area contributed by atoms with Crippen LogP contribution in [0.1, 0.15) is 228 Å². The largest absolute Gasteiger partial charge is 0.354 e. The van der Waals surface area contributed by atoms with Crippen LogP contribution in [0.3, 0.4) is 0 Å². The van der Waals surface area contributed by atoms with Crippen molar-refractivity contribution in [2.75, 3.05) is 67.5 Å². The molecule has 0 saturated heterocycles. The van der Waals surface area contributed by atoms with Gasteiger partial charge in [0.15, 0.2) is 0 Å². The van der Waals surface area contributed by atoms with E-state index in [0.717, 1.165) is 96.3 Å². The maximum absolute atomic E-state index is 13.7. The van der Waals surface area contributed by atoms with Gasteiger partial charge >= 0.3 is 0 Å². The zero-order valence-electron chi connectivity index (χ0n) is 48.1. The van der Waals surface area contributed by atoms with Gasteiger partial charge < -0.3 is 30.2 Å². The van der Waals surface area contributed by atoms with E-state index >= 15 is 0 Å². The van der Waals surface area contributed by atoms with Gasteiger partial charge in [-0.05, 0) is 130 Å². The van der Waals surface area contributed by atoms with E-state index in [4.69, 9.17) is 0 Å². The van der Waals surface area contributed by atoms with Gasteiger partial charge in [-0.1, -0.05) is 174 Å². The van der Waals surface area contributed by atoms with Crippen molar-refractivity contribution in [2.24, 2.45) is 11.8 Å². The summed E-state index contributed by atoms with van der Waals surface area (Å²) in [6, 6.07) is -0.976. The molecule has 412 valence electrons. The van der Waals surface area contributed by atoms with Crippen LogP contribution in [0.25, 0.3) is 0 Å². The second-order valence-corrected chi connectivity index (χ2v) is 21.5. The molecule has 0 radical (unpaired) electrons. The van der Waals surface area contributed by atoms with Crippen LogP contribution < -0.4 is 10.6 Å². The SMILES string of the molecule is CCCCC/C=C\C/C=C\CCCCCCCC(=O)N(CCN(C)C)C(C(=O)NCCCCCCCNC(=O)C(C(C)C)N(CCN(C)C)C(=O)CCCCCCC/C=C\C/C=C\CCCCC)C(C)C. The van der Waals surface area contributed by atoms with Crippen LogP contribution in [-0.4, -0.2) is 123 Å². The molecule has 0 aliphatic heterocycles. The Morgan fingerprint density at radius 3 is 0.986 bits per heavy atom. The average Bonchev–Trinajstić information content (AvgIpc) is 3.32. The van der Waals surface area contributed by atoms with Crippen molar-refractivity contribution in [3.63, 3.8) is 0 Å². The van der Waals surface area contributed by atoms with Crippen molar-refractivity contribution in [1.29, 1.82) is 0 Å². The highest BCUT2D eigenvalue weighted by molar-refractivity contribution is 5.88. The minimum atomic E-state index is -0.488. The third kappa shape index (κ3) is 39.0. The first-order chi connectivity index (χ1) is 34.3. The van der Waals surface area contributed by atoms with Gasteiger partial charge in [-0.3, -0.25) is 19.2 Å². The third-order valence-electron chi connectivity index (χ3n) is 13.3. The molecular formula is C61H114N6O4. The number of likely N-dealkylation sites (N-methyl/N-ethyl adjacent to an activating group) is 2. The van der Waals surface area contributed by atoms with Gasteiger partial charge in [0.2, 0.25) is 23.6 Å². The second kappa shape index (κ2) is 47.7. The molecular weight excluding hydrogens is 881 g/mol. The summed E-state index contributed by atoms with van der Waals surface area (Å²) in [4.78, 5) is 62.5. The van der Waals surface area contributed by atoms with Crippen LogP contribution in [-0.2, 0) is 19.2 Å². The monoisotopic (exact) mass is 995 g/mol. The van der Waals surface area contributed by atoms with Crippen LogP contribution in [0.15, 0.2) is 48.6 Å². The van der Waals surface area contributed by atoms with Gasteiger partial charge in [0.05, 0.1) is 0 Å². The summed E-state index contributed by atoms with van der Waals surface area (Å²) < 4.78 is 0. The number of hydrogen-bond donors (Lipinski definition) is 2. The number of hydrogen-bond acceptors (Lipinski definition) is 6. The molecule has 2 atom stereocenters. The topological polar surface area (TPSA) is 105 Å². The summed E-state index contributed by atoms with van der Waals surface area (Å²) in [5.41, 5.74) is 0. The van der Waals surface area contributed by atoms with E-state index in [1.54, 1.807) is 0 Å². The van der Waals surface area contributed by atoms with Crippen LogP contribution in [0.4, 0.5) is 0 Å². The van der Waals surface area contributed by atoms with Crippen molar-refractivity contribution in [3.8, 4) is 0 Å². The average molecular weight is 996 g/mol. The quantitative estimate of drug-likeness (QED) is 0.0465. The van der Waals surface area contributed by atoms with Crippen molar-refractivity contribution in [1.82, 2.24) is 30.2 Å². The van der Waals surface area contributed by atoms with Crippen LogP contribution in [0.5, 0.6) is 0 Å². The molecule has 0 spiro atoms. The van der Waals surface area contributed by atoms with Gasteiger partial charge in [-0.2, -0.15) is 0 Å². The maximum atomic E-state index is 13.7. The molecule has 0 bridgehead atoms. The molecule has 0 aliphatic rings. The normalized spacial score (nSPS) is 13.0. The molecule has 0 fully saturated rings. The maximum Gasteiger partial charge on any atom is 0.243 e. The predicted molar refractivity (Wildman–Crippen MR) is 306 cm³/mol. The summed E-state index contributed by atoms with van der Waals surface area (Å²) in [5.74, 6) is 0.0595. The minimum absolute atomic E-state index is 0.00459. The Morgan fingerprint density at radius 1 is 0.380 bits per heavy atom. The van der Waals surface area contributed by atoms with Crippen molar-refractivity contribution in [2.45, 2.75) is 240 Å². The summed E-state index contributed by atoms with van der Waals surface area (Å²) in [7, 11) is 8.03. The lowest BCUT2D eigenvalue weighted by Gasteiger charge is -2.34. The van der Waals surface area contributed by atoms with E-state index in [-0.39, 0.29) is 35.5 Å². The van der Waals surface area contributed by atoms with Crippen molar-refractivity contribution in [3.05, 3.63) is 48.6 Å². The summed E-state index contributed by atoms with van der Waals surface area (Å²) in [6.45, 7) is 16.3. The van der Waals surface area contributed by atoms with Gasteiger partial charge in [-0.15, -0.1) is 0 Å². The molecule has 2 N–H and O–H groups in total. The number of nitrogens with zero attached hydrogens (tertiary/aromatic N) is 4. The standard InChI is InChI=1S/C61H114N6O4/c1-11-13-15-17-19-21-23-25-27-29-31-33-35-38-42-46-56(68)66(52-50-64(7)8)58(54(3)4)60(70)62-48-44-40-37-41-45-49-63-61(71)59(55(5)6)67(53-51-65(9)10)57(69)47-43-39-36-34-32-30-28-26-24-22-20-18-16-14-12-2/h19-22,25-28,54-55,58-59H,11-18,23-24,29-53H2,1-10H3,(H,62,70)(H,63,71)/b21-19-,22-20-,27-25-,28-26-. The van der Waals surface area contributed by atoms with Gasteiger partial charge in [-0.25, -0.2) is 0 Å². The van der Waals surface area contributed by atoms with Gasteiger partial charge in [0.1, 0.15) is 12.1 Å². The smallest absolute Gasteiger partial charge is 0.243 e. The fourth-order valence-corrected chi connectivity index (χ4v) is 8.94. The highest BCUT2D eigenvalue weighted by atomic mass is 16.2. The molecule has 0 aromatic carbocycles. The van der Waals surface area contributed by atoms with Crippen LogP contribution in [0.2, 0.25) is 0 Å². The highest BCUT2D eigenvalue weighted by Gasteiger charge is 2.33. The lowest BCUT2D eigenvalue weighted by molar-refractivity contribution is -0.142. The molecule has 0 saturated carbocycles. The van der Waals surface area contributed by atoms with E-state index in [9.17, 15) is 19.2 Å². The molecule has 71 heavy (non-hydrogen) atoms. The van der Waals surface area contributed by atoms with E-state index in [1.165, 1.54) is 77.0 Å². The van der Waals surface area contributed by atoms with Crippen molar-refractivity contribution < 1.29 is 19.2 Å². The van der Waals surface area contributed by atoms with Crippen molar-refractivity contribution >= 4 is 23.6 Å². The Morgan fingerprint density at radius 2 is 0.676 bits per heavy atom. The number of amides is 4. The lowest BCUT2D eigenvalue weighted by atomic mass is 10.00. The number of unbranched alkanes of at least 4 members (excludes halogenated alkanes) is 20. The number of rotatable bonds is 48. The molecule has 2 unspecified atom stereocenters. The predicted octanol–water partition coefficient (Wildman–Crippen LogP) is 13.6. The number of allylic oxidation sites excluding steroid dienone is 8. The first-order valence-electron chi connectivity index (χ1n) is 29.3. The second-order valence-electron chi connectivity index (χ2n) is 21.5. The first-order valence-corrected chi connectivity index (χ1v) is 29.3. The minimum Gasteiger partial charge on any atom is -0.354 e. The fraction of sp³-hybridized carbons (Fsp3) is 0.803. The zero-order chi connectivity index (χ0) is 52.7.